The Hall–Kier alpha value is -2.31. The topological polar surface area (TPSA) is 93.2 Å². The summed E-state index contributed by atoms with van der Waals surface area (Å²) in [7, 11) is -1.83. The monoisotopic (exact) mass is 406 g/mol. The SMILES string of the molecule is COc1ccc(CC/C(=C/S(C)(=O)=O)C(=N)c2c(Cl)ccc(N)c2C)cc1. The van der Waals surface area contributed by atoms with Crippen molar-refractivity contribution in [3.8, 4) is 5.75 Å². The lowest BCUT2D eigenvalue weighted by atomic mass is 9.94. The van der Waals surface area contributed by atoms with E-state index < -0.39 is 9.84 Å². The molecule has 0 spiro atoms. The van der Waals surface area contributed by atoms with Crippen LogP contribution in [0.5, 0.6) is 5.75 Å². The van der Waals surface area contributed by atoms with Gasteiger partial charge >= 0.3 is 0 Å². The van der Waals surface area contributed by atoms with Crippen LogP contribution in [0.3, 0.4) is 0 Å². The number of halogens is 1. The standard InChI is InChI=1S/C20H23ClN2O3S/c1-13-18(22)11-10-17(21)19(13)20(23)15(12-27(3,24)25)7-4-14-5-8-16(26-2)9-6-14/h5-6,8-12,23H,4,7,22H2,1-3H3/b15-12-,23-20?. The molecular weight excluding hydrogens is 384 g/mol. The maximum Gasteiger partial charge on any atom is 0.169 e. The molecule has 0 amide bonds. The van der Waals surface area contributed by atoms with E-state index in [0.717, 1.165) is 23.0 Å². The van der Waals surface area contributed by atoms with Gasteiger partial charge in [0.05, 0.1) is 17.8 Å². The summed E-state index contributed by atoms with van der Waals surface area (Å²) in [5, 5.41) is 10.1. The number of hydrogen-bond acceptors (Lipinski definition) is 5. The summed E-state index contributed by atoms with van der Waals surface area (Å²) in [5.74, 6) is 0.751. The lowest BCUT2D eigenvalue weighted by Crippen LogP contribution is -2.11. The summed E-state index contributed by atoms with van der Waals surface area (Å²) in [6.45, 7) is 1.77. The highest BCUT2D eigenvalue weighted by molar-refractivity contribution is 7.93. The number of ether oxygens (including phenoxy) is 1. The summed E-state index contributed by atoms with van der Waals surface area (Å²) in [6.07, 6.45) is 2.07. The molecule has 3 N–H and O–H groups in total. The smallest absolute Gasteiger partial charge is 0.169 e. The Morgan fingerprint density at radius 3 is 2.41 bits per heavy atom. The molecule has 0 atom stereocenters. The summed E-state index contributed by atoms with van der Waals surface area (Å²) in [6, 6.07) is 10.8. The highest BCUT2D eigenvalue weighted by Crippen LogP contribution is 2.28. The number of anilines is 1. The zero-order chi connectivity index (χ0) is 20.2. The molecule has 0 unspecified atom stereocenters. The van der Waals surface area contributed by atoms with Gasteiger partial charge in [-0.2, -0.15) is 0 Å². The van der Waals surface area contributed by atoms with E-state index in [4.69, 9.17) is 27.5 Å². The Balaban J connectivity index is 2.36. The van der Waals surface area contributed by atoms with Crippen molar-refractivity contribution in [2.24, 2.45) is 0 Å². The number of aryl methyl sites for hydroxylation is 1. The molecule has 2 aromatic carbocycles. The Morgan fingerprint density at radius 2 is 1.85 bits per heavy atom. The number of nitrogens with one attached hydrogen (secondary N) is 1. The largest absolute Gasteiger partial charge is 0.497 e. The number of nitrogen functional groups attached to an aromatic ring is 1. The number of hydrogen-bond donors (Lipinski definition) is 2. The van der Waals surface area contributed by atoms with Crippen LogP contribution in [0.25, 0.3) is 0 Å². The number of sulfone groups is 1. The third-order valence-corrected chi connectivity index (χ3v) is 5.25. The zero-order valence-corrected chi connectivity index (χ0v) is 17.1. The van der Waals surface area contributed by atoms with E-state index >= 15 is 0 Å². The van der Waals surface area contributed by atoms with E-state index in [1.807, 2.05) is 24.3 Å². The average Bonchev–Trinajstić information content (AvgIpc) is 2.61. The first-order chi connectivity index (χ1) is 12.6. The number of allylic oxidation sites excluding steroid dienone is 1. The second-order valence-electron chi connectivity index (χ2n) is 6.33. The fourth-order valence-corrected chi connectivity index (χ4v) is 3.79. The van der Waals surface area contributed by atoms with Crippen LogP contribution in [0.1, 0.15) is 23.1 Å². The number of nitrogens with two attached hydrogens (primary N) is 1. The Morgan fingerprint density at radius 1 is 1.22 bits per heavy atom. The third-order valence-electron chi connectivity index (χ3n) is 4.23. The van der Waals surface area contributed by atoms with Crippen molar-refractivity contribution in [2.45, 2.75) is 19.8 Å². The van der Waals surface area contributed by atoms with Gasteiger partial charge in [-0.1, -0.05) is 23.7 Å². The molecule has 7 heteroatoms. The molecule has 0 bridgehead atoms. The molecule has 0 aromatic heterocycles. The van der Waals surface area contributed by atoms with Crippen LogP contribution in [0.15, 0.2) is 47.4 Å². The fraction of sp³-hybridized carbons (Fsp3) is 0.250. The minimum Gasteiger partial charge on any atom is -0.497 e. The van der Waals surface area contributed by atoms with Gasteiger partial charge in [-0.25, -0.2) is 8.42 Å². The van der Waals surface area contributed by atoms with Crippen molar-refractivity contribution >= 4 is 32.8 Å². The van der Waals surface area contributed by atoms with Gasteiger partial charge in [-0.05, 0) is 60.7 Å². The van der Waals surface area contributed by atoms with E-state index in [2.05, 4.69) is 0 Å². The molecule has 0 saturated heterocycles. The summed E-state index contributed by atoms with van der Waals surface area (Å²) in [5.41, 5.74) is 9.05. The number of rotatable bonds is 7. The van der Waals surface area contributed by atoms with E-state index in [0.29, 0.717) is 40.3 Å². The first kappa shape index (κ1) is 21.0. The summed E-state index contributed by atoms with van der Waals surface area (Å²) >= 11 is 6.28. The lowest BCUT2D eigenvalue weighted by Gasteiger charge is -2.15. The van der Waals surface area contributed by atoms with Gasteiger partial charge in [0.25, 0.3) is 0 Å². The van der Waals surface area contributed by atoms with Gasteiger partial charge < -0.3 is 10.5 Å². The van der Waals surface area contributed by atoms with Crippen molar-refractivity contribution < 1.29 is 13.2 Å². The van der Waals surface area contributed by atoms with Crippen LogP contribution in [-0.4, -0.2) is 27.5 Å². The van der Waals surface area contributed by atoms with Crippen LogP contribution in [0, 0.1) is 12.3 Å². The summed E-state index contributed by atoms with van der Waals surface area (Å²) in [4.78, 5) is 0. The maximum absolute atomic E-state index is 11.9. The first-order valence-electron chi connectivity index (χ1n) is 8.30. The molecule has 0 aliphatic heterocycles. The minimum atomic E-state index is -3.42. The molecule has 0 aliphatic rings. The molecule has 2 aromatic rings. The van der Waals surface area contributed by atoms with Gasteiger partial charge in [-0.3, -0.25) is 5.41 Å². The van der Waals surface area contributed by atoms with Crippen LogP contribution >= 0.6 is 11.6 Å². The Bertz CT molecular complexity index is 981. The first-order valence-corrected chi connectivity index (χ1v) is 10.6. The molecule has 5 nitrogen and oxygen atoms in total. The van der Waals surface area contributed by atoms with Crippen LogP contribution in [0.4, 0.5) is 5.69 Å². The third kappa shape index (κ3) is 5.58. The molecule has 2 rings (SSSR count). The average molecular weight is 407 g/mol. The second-order valence-corrected chi connectivity index (χ2v) is 8.63. The van der Waals surface area contributed by atoms with E-state index in [1.54, 1.807) is 26.2 Å². The quantitative estimate of drug-likeness (QED) is 0.533. The normalized spacial score (nSPS) is 12.1. The Labute approximate surface area is 165 Å². The van der Waals surface area contributed by atoms with Crippen LogP contribution < -0.4 is 10.5 Å². The van der Waals surface area contributed by atoms with Gasteiger partial charge in [-0.15, -0.1) is 0 Å². The molecular formula is C20H23ClN2O3S. The minimum absolute atomic E-state index is 0.0729. The summed E-state index contributed by atoms with van der Waals surface area (Å²) < 4.78 is 28.9. The fourth-order valence-electron chi connectivity index (χ4n) is 2.73. The number of methoxy groups -OCH3 is 1. The number of benzene rings is 2. The van der Waals surface area contributed by atoms with E-state index in [9.17, 15) is 8.42 Å². The van der Waals surface area contributed by atoms with Crippen molar-refractivity contribution in [3.63, 3.8) is 0 Å². The van der Waals surface area contributed by atoms with Crippen molar-refractivity contribution in [1.82, 2.24) is 0 Å². The van der Waals surface area contributed by atoms with Crippen molar-refractivity contribution in [1.29, 1.82) is 5.41 Å². The van der Waals surface area contributed by atoms with Crippen molar-refractivity contribution in [2.75, 3.05) is 19.1 Å². The predicted molar refractivity (Wildman–Crippen MR) is 112 cm³/mol. The molecule has 0 radical (unpaired) electrons. The van der Waals surface area contributed by atoms with Crippen LogP contribution in [-0.2, 0) is 16.3 Å². The Kier molecular flexibility index (Phi) is 6.68. The van der Waals surface area contributed by atoms with E-state index in [1.165, 1.54) is 0 Å². The van der Waals surface area contributed by atoms with E-state index in [-0.39, 0.29) is 5.71 Å². The second kappa shape index (κ2) is 8.59. The van der Waals surface area contributed by atoms with Crippen molar-refractivity contribution in [3.05, 3.63) is 69.1 Å². The lowest BCUT2D eigenvalue weighted by molar-refractivity contribution is 0.414. The molecule has 0 heterocycles. The van der Waals surface area contributed by atoms with Crippen LogP contribution in [0.2, 0.25) is 5.02 Å². The molecule has 0 saturated carbocycles. The highest BCUT2D eigenvalue weighted by Gasteiger charge is 2.17. The predicted octanol–water partition coefficient (Wildman–Crippen LogP) is 4.17. The highest BCUT2D eigenvalue weighted by atomic mass is 35.5. The molecule has 0 aliphatic carbocycles. The molecule has 144 valence electrons. The molecule has 27 heavy (non-hydrogen) atoms. The zero-order valence-electron chi connectivity index (χ0n) is 15.5. The van der Waals surface area contributed by atoms with Gasteiger partial charge in [0.1, 0.15) is 5.75 Å². The van der Waals surface area contributed by atoms with Gasteiger partial charge in [0.2, 0.25) is 0 Å². The molecule has 0 fully saturated rings. The maximum atomic E-state index is 11.9. The van der Waals surface area contributed by atoms with Gasteiger partial charge in [0.15, 0.2) is 9.84 Å². The van der Waals surface area contributed by atoms with Gasteiger partial charge in [0, 0.05) is 22.9 Å².